The molecule has 0 radical (unpaired) electrons. The summed E-state index contributed by atoms with van der Waals surface area (Å²) in [5.41, 5.74) is 7.51. The van der Waals surface area contributed by atoms with Crippen LogP contribution in [0.2, 0.25) is 0 Å². The number of ether oxygens (including phenoxy) is 2. The summed E-state index contributed by atoms with van der Waals surface area (Å²) in [7, 11) is 1.58. The lowest BCUT2D eigenvalue weighted by Crippen LogP contribution is -2.18. The smallest absolute Gasteiger partial charge is 0.162 e. The zero-order chi connectivity index (χ0) is 14.5. The third kappa shape index (κ3) is 3.27. The van der Waals surface area contributed by atoms with Gasteiger partial charge in [0.15, 0.2) is 11.5 Å². The van der Waals surface area contributed by atoms with Gasteiger partial charge >= 0.3 is 0 Å². The van der Waals surface area contributed by atoms with Crippen molar-refractivity contribution in [2.24, 2.45) is 5.73 Å². The molecule has 2 rings (SSSR count). The van der Waals surface area contributed by atoms with Crippen molar-refractivity contribution in [1.82, 2.24) is 0 Å². The van der Waals surface area contributed by atoms with Gasteiger partial charge in [0.2, 0.25) is 0 Å². The molecule has 2 aromatic carbocycles. The molecule has 0 spiro atoms. The predicted molar refractivity (Wildman–Crippen MR) is 76.6 cm³/mol. The second-order valence-corrected chi connectivity index (χ2v) is 4.55. The van der Waals surface area contributed by atoms with E-state index in [2.05, 4.69) is 0 Å². The number of methoxy groups -OCH3 is 1. The second-order valence-electron chi connectivity index (χ2n) is 4.55. The SMILES string of the molecule is COc1cc(C)ccc1OC(CN)c1cccc(F)c1. The largest absolute Gasteiger partial charge is 0.493 e. The minimum Gasteiger partial charge on any atom is -0.493 e. The maximum absolute atomic E-state index is 13.3. The molecular weight excluding hydrogens is 257 g/mol. The Morgan fingerprint density at radius 1 is 1.15 bits per heavy atom. The Labute approximate surface area is 118 Å². The molecule has 0 saturated carbocycles. The lowest BCUT2D eigenvalue weighted by atomic mass is 10.1. The average molecular weight is 275 g/mol. The standard InChI is InChI=1S/C16H18FNO2/c1-11-6-7-14(15(8-11)19-2)20-16(10-18)12-4-3-5-13(17)9-12/h3-9,16H,10,18H2,1-2H3. The first-order valence-corrected chi connectivity index (χ1v) is 6.41. The Bertz CT molecular complexity index is 586. The van der Waals surface area contributed by atoms with Gasteiger partial charge in [0, 0.05) is 6.54 Å². The van der Waals surface area contributed by atoms with E-state index in [0.717, 1.165) is 5.56 Å². The van der Waals surface area contributed by atoms with Gasteiger partial charge in [-0.15, -0.1) is 0 Å². The molecule has 0 aromatic heterocycles. The quantitative estimate of drug-likeness (QED) is 0.911. The molecule has 0 aliphatic heterocycles. The fraction of sp³-hybridized carbons (Fsp3) is 0.250. The Morgan fingerprint density at radius 3 is 2.60 bits per heavy atom. The van der Waals surface area contributed by atoms with E-state index in [-0.39, 0.29) is 12.4 Å². The van der Waals surface area contributed by atoms with Crippen molar-refractivity contribution in [3.05, 3.63) is 59.4 Å². The van der Waals surface area contributed by atoms with E-state index in [0.29, 0.717) is 17.1 Å². The van der Waals surface area contributed by atoms with Crippen LogP contribution in [-0.4, -0.2) is 13.7 Å². The number of benzene rings is 2. The van der Waals surface area contributed by atoms with Crippen molar-refractivity contribution in [3.8, 4) is 11.5 Å². The van der Waals surface area contributed by atoms with Gasteiger partial charge in [-0.2, -0.15) is 0 Å². The van der Waals surface area contributed by atoms with E-state index < -0.39 is 6.10 Å². The summed E-state index contributed by atoms with van der Waals surface area (Å²) in [6.45, 7) is 2.22. The van der Waals surface area contributed by atoms with Gasteiger partial charge < -0.3 is 15.2 Å². The van der Waals surface area contributed by atoms with Gasteiger partial charge in [-0.1, -0.05) is 18.2 Å². The number of hydrogen-bond acceptors (Lipinski definition) is 3. The molecule has 1 atom stereocenters. The van der Waals surface area contributed by atoms with Crippen LogP contribution >= 0.6 is 0 Å². The van der Waals surface area contributed by atoms with Gasteiger partial charge in [-0.3, -0.25) is 0 Å². The highest BCUT2D eigenvalue weighted by Crippen LogP contribution is 2.31. The molecular formula is C16H18FNO2. The zero-order valence-electron chi connectivity index (χ0n) is 11.6. The molecule has 2 aromatic rings. The van der Waals surface area contributed by atoms with E-state index in [1.807, 2.05) is 25.1 Å². The summed E-state index contributed by atoms with van der Waals surface area (Å²) >= 11 is 0. The summed E-state index contributed by atoms with van der Waals surface area (Å²) in [6.07, 6.45) is -0.415. The van der Waals surface area contributed by atoms with Crippen LogP contribution in [0.4, 0.5) is 4.39 Å². The fourth-order valence-corrected chi connectivity index (χ4v) is 1.98. The summed E-state index contributed by atoms with van der Waals surface area (Å²) in [5, 5.41) is 0. The summed E-state index contributed by atoms with van der Waals surface area (Å²) < 4.78 is 24.4. The van der Waals surface area contributed by atoms with Crippen LogP contribution in [0.15, 0.2) is 42.5 Å². The van der Waals surface area contributed by atoms with E-state index >= 15 is 0 Å². The van der Waals surface area contributed by atoms with Crippen LogP contribution in [0.1, 0.15) is 17.2 Å². The van der Waals surface area contributed by atoms with Crippen LogP contribution in [0.5, 0.6) is 11.5 Å². The molecule has 0 saturated heterocycles. The molecule has 2 N–H and O–H groups in total. The van der Waals surface area contributed by atoms with Gasteiger partial charge in [-0.25, -0.2) is 4.39 Å². The van der Waals surface area contributed by atoms with Crippen molar-refractivity contribution in [1.29, 1.82) is 0 Å². The number of hydrogen-bond donors (Lipinski definition) is 1. The Kier molecular flexibility index (Phi) is 4.58. The lowest BCUT2D eigenvalue weighted by Gasteiger charge is -2.19. The first-order chi connectivity index (χ1) is 9.63. The number of halogens is 1. The molecule has 106 valence electrons. The van der Waals surface area contributed by atoms with E-state index in [1.165, 1.54) is 12.1 Å². The first-order valence-electron chi connectivity index (χ1n) is 6.41. The highest BCUT2D eigenvalue weighted by molar-refractivity contribution is 5.43. The van der Waals surface area contributed by atoms with Gasteiger partial charge in [0.25, 0.3) is 0 Å². The molecule has 0 aliphatic rings. The third-order valence-corrected chi connectivity index (χ3v) is 3.02. The van der Waals surface area contributed by atoms with E-state index in [9.17, 15) is 4.39 Å². The summed E-state index contributed by atoms with van der Waals surface area (Å²) in [6, 6.07) is 11.9. The fourth-order valence-electron chi connectivity index (χ4n) is 1.98. The number of aryl methyl sites for hydroxylation is 1. The van der Waals surface area contributed by atoms with E-state index in [4.69, 9.17) is 15.2 Å². The second kappa shape index (κ2) is 6.39. The van der Waals surface area contributed by atoms with Crippen LogP contribution in [0, 0.1) is 12.7 Å². The minimum absolute atomic E-state index is 0.250. The van der Waals surface area contributed by atoms with Crippen LogP contribution in [0.3, 0.4) is 0 Å². The third-order valence-electron chi connectivity index (χ3n) is 3.02. The van der Waals surface area contributed by atoms with Crippen molar-refractivity contribution in [2.75, 3.05) is 13.7 Å². The summed E-state index contributed by atoms with van der Waals surface area (Å²) in [5.74, 6) is 0.929. The zero-order valence-corrected chi connectivity index (χ0v) is 11.6. The Balaban J connectivity index is 2.26. The highest BCUT2D eigenvalue weighted by Gasteiger charge is 2.15. The maximum Gasteiger partial charge on any atom is 0.162 e. The van der Waals surface area contributed by atoms with Crippen molar-refractivity contribution < 1.29 is 13.9 Å². The van der Waals surface area contributed by atoms with Crippen molar-refractivity contribution in [2.45, 2.75) is 13.0 Å². The first kappa shape index (κ1) is 14.3. The topological polar surface area (TPSA) is 44.5 Å². The van der Waals surface area contributed by atoms with Gasteiger partial charge in [0.05, 0.1) is 7.11 Å². The molecule has 1 unspecified atom stereocenters. The molecule has 0 fully saturated rings. The lowest BCUT2D eigenvalue weighted by molar-refractivity contribution is 0.204. The van der Waals surface area contributed by atoms with Crippen LogP contribution in [-0.2, 0) is 0 Å². The molecule has 0 amide bonds. The molecule has 0 aliphatic carbocycles. The highest BCUT2D eigenvalue weighted by atomic mass is 19.1. The maximum atomic E-state index is 13.3. The normalized spacial score (nSPS) is 12.0. The number of nitrogens with two attached hydrogens (primary N) is 1. The van der Waals surface area contributed by atoms with Crippen molar-refractivity contribution >= 4 is 0 Å². The Hall–Kier alpha value is -2.07. The van der Waals surface area contributed by atoms with Gasteiger partial charge in [0.1, 0.15) is 11.9 Å². The van der Waals surface area contributed by atoms with E-state index in [1.54, 1.807) is 19.2 Å². The van der Waals surface area contributed by atoms with Crippen LogP contribution < -0.4 is 15.2 Å². The van der Waals surface area contributed by atoms with Crippen LogP contribution in [0.25, 0.3) is 0 Å². The average Bonchev–Trinajstić information content (AvgIpc) is 2.45. The summed E-state index contributed by atoms with van der Waals surface area (Å²) in [4.78, 5) is 0. The molecule has 20 heavy (non-hydrogen) atoms. The number of rotatable bonds is 5. The minimum atomic E-state index is -0.415. The molecule has 0 bridgehead atoms. The predicted octanol–water partition coefficient (Wildman–Crippen LogP) is 3.22. The Morgan fingerprint density at radius 2 is 1.95 bits per heavy atom. The molecule has 4 heteroatoms. The molecule has 3 nitrogen and oxygen atoms in total. The molecule has 0 heterocycles. The monoisotopic (exact) mass is 275 g/mol. The van der Waals surface area contributed by atoms with Gasteiger partial charge in [-0.05, 0) is 42.3 Å². The van der Waals surface area contributed by atoms with Crippen molar-refractivity contribution in [3.63, 3.8) is 0 Å².